The Kier molecular flexibility index (Phi) is 3.35. The lowest BCUT2D eigenvalue weighted by Crippen LogP contribution is -2.37. The molecule has 2 unspecified atom stereocenters. The molecule has 5 atom stereocenters. The van der Waals surface area contributed by atoms with Crippen molar-refractivity contribution in [2.75, 3.05) is 13.6 Å². The highest BCUT2D eigenvalue weighted by Crippen LogP contribution is 2.49. The predicted molar refractivity (Wildman–Crippen MR) is 73.2 cm³/mol. The van der Waals surface area contributed by atoms with Gasteiger partial charge in [-0.05, 0) is 55.3 Å². The van der Waals surface area contributed by atoms with Crippen molar-refractivity contribution >= 4 is 0 Å². The number of fused-ring (bicyclic) bond motifs is 1. The third-order valence-corrected chi connectivity index (χ3v) is 5.14. The molecular weight excluding hydrogens is 241 g/mol. The van der Waals surface area contributed by atoms with Crippen molar-refractivity contribution in [1.82, 2.24) is 4.90 Å². The molecule has 1 N–H and O–H groups in total. The number of rotatable bonds is 1. The van der Waals surface area contributed by atoms with Gasteiger partial charge in [-0.2, -0.15) is 0 Å². The Morgan fingerprint density at radius 3 is 2.58 bits per heavy atom. The average Bonchev–Trinajstić information content (AvgIpc) is 2.68. The van der Waals surface area contributed by atoms with E-state index in [4.69, 9.17) is 0 Å². The first-order valence-corrected chi connectivity index (χ1v) is 7.21. The molecular formula is C16H22FNO. The van der Waals surface area contributed by atoms with Gasteiger partial charge in [-0.15, -0.1) is 0 Å². The standard InChI is InChI=1S/C16H22FNO/c1-10-3-4-12-9-18(2)16(19)15(12)14(10)11-5-7-13(17)8-6-11/h5-8,10,12,14-16,19H,3-4,9H2,1-2H3/t10-,12?,14+,15-,16?/m1/s1. The van der Waals surface area contributed by atoms with E-state index in [0.717, 1.165) is 6.54 Å². The molecule has 2 aliphatic rings. The smallest absolute Gasteiger partial charge is 0.123 e. The number of halogens is 1. The van der Waals surface area contributed by atoms with Crippen molar-refractivity contribution in [1.29, 1.82) is 0 Å². The van der Waals surface area contributed by atoms with Crippen LogP contribution in [-0.4, -0.2) is 29.8 Å². The molecule has 1 aliphatic heterocycles. The molecule has 19 heavy (non-hydrogen) atoms. The molecule has 2 nitrogen and oxygen atoms in total. The summed E-state index contributed by atoms with van der Waals surface area (Å²) >= 11 is 0. The van der Waals surface area contributed by atoms with Crippen LogP contribution in [0, 0.1) is 23.6 Å². The summed E-state index contributed by atoms with van der Waals surface area (Å²) < 4.78 is 13.1. The van der Waals surface area contributed by atoms with Gasteiger partial charge in [0.1, 0.15) is 12.0 Å². The maximum atomic E-state index is 13.1. The molecule has 0 aromatic heterocycles. The molecule has 1 saturated carbocycles. The van der Waals surface area contributed by atoms with Crippen molar-refractivity contribution in [3.8, 4) is 0 Å². The summed E-state index contributed by atoms with van der Waals surface area (Å²) in [6, 6.07) is 6.86. The zero-order valence-corrected chi connectivity index (χ0v) is 11.6. The largest absolute Gasteiger partial charge is 0.378 e. The quantitative estimate of drug-likeness (QED) is 0.842. The van der Waals surface area contributed by atoms with Crippen LogP contribution in [0.15, 0.2) is 24.3 Å². The van der Waals surface area contributed by atoms with Crippen LogP contribution in [0.2, 0.25) is 0 Å². The van der Waals surface area contributed by atoms with Gasteiger partial charge in [0.2, 0.25) is 0 Å². The molecule has 0 spiro atoms. The minimum atomic E-state index is -0.359. The van der Waals surface area contributed by atoms with Crippen LogP contribution in [0.4, 0.5) is 4.39 Å². The first-order chi connectivity index (χ1) is 9.08. The highest BCUT2D eigenvalue weighted by molar-refractivity contribution is 5.24. The van der Waals surface area contributed by atoms with Crippen molar-refractivity contribution in [3.05, 3.63) is 35.6 Å². The molecule has 104 valence electrons. The van der Waals surface area contributed by atoms with Gasteiger partial charge in [-0.25, -0.2) is 4.39 Å². The molecule has 3 heteroatoms. The van der Waals surface area contributed by atoms with Crippen molar-refractivity contribution in [2.45, 2.75) is 31.9 Å². The second-order valence-corrected chi connectivity index (χ2v) is 6.32. The molecule has 0 bridgehead atoms. The molecule has 3 rings (SSSR count). The van der Waals surface area contributed by atoms with E-state index in [1.807, 2.05) is 19.2 Å². The van der Waals surface area contributed by atoms with Gasteiger partial charge in [0, 0.05) is 12.5 Å². The molecule has 1 aliphatic carbocycles. The van der Waals surface area contributed by atoms with Crippen molar-refractivity contribution in [3.63, 3.8) is 0 Å². The van der Waals surface area contributed by atoms with Crippen molar-refractivity contribution in [2.24, 2.45) is 17.8 Å². The fraction of sp³-hybridized carbons (Fsp3) is 0.625. The van der Waals surface area contributed by atoms with Gasteiger partial charge in [0.25, 0.3) is 0 Å². The lowest BCUT2D eigenvalue weighted by atomic mass is 9.65. The highest BCUT2D eigenvalue weighted by Gasteiger charge is 2.47. The lowest BCUT2D eigenvalue weighted by molar-refractivity contribution is -0.00378. The van der Waals surface area contributed by atoms with Gasteiger partial charge in [-0.1, -0.05) is 19.1 Å². The van der Waals surface area contributed by atoms with Gasteiger partial charge < -0.3 is 5.11 Å². The third kappa shape index (κ3) is 2.19. The van der Waals surface area contributed by atoms with E-state index in [2.05, 4.69) is 11.8 Å². The summed E-state index contributed by atoms with van der Waals surface area (Å²) in [4.78, 5) is 2.06. The fourth-order valence-corrected chi connectivity index (χ4v) is 4.17. The second kappa shape index (κ2) is 4.88. The Hall–Kier alpha value is -0.930. The number of hydrogen-bond acceptors (Lipinski definition) is 2. The van der Waals surface area contributed by atoms with E-state index in [9.17, 15) is 9.50 Å². The summed E-state index contributed by atoms with van der Waals surface area (Å²) in [7, 11) is 2.00. The van der Waals surface area contributed by atoms with Crippen LogP contribution in [0.25, 0.3) is 0 Å². The Bertz CT molecular complexity index is 447. The summed E-state index contributed by atoms with van der Waals surface area (Å²) in [6.45, 7) is 3.24. The Morgan fingerprint density at radius 1 is 1.21 bits per heavy atom. The molecule has 1 aromatic carbocycles. The summed E-state index contributed by atoms with van der Waals surface area (Å²) in [5.41, 5.74) is 1.18. The number of hydrogen-bond donors (Lipinski definition) is 1. The number of benzene rings is 1. The number of likely N-dealkylation sites (tertiary alicyclic amines) is 1. The number of nitrogens with zero attached hydrogens (tertiary/aromatic N) is 1. The molecule has 0 radical (unpaired) electrons. The Morgan fingerprint density at radius 2 is 1.89 bits per heavy atom. The highest BCUT2D eigenvalue weighted by atomic mass is 19.1. The third-order valence-electron chi connectivity index (χ3n) is 5.14. The topological polar surface area (TPSA) is 23.5 Å². The first-order valence-electron chi connectivity index (χ1n) is 7.21. The second-order valence-electron chi connectivity index (χ2n) is 6.32. The normalized spacial score (nSPS) is 39.3. The predicted octanol–water partition coefficient (Wildman–Crippen LogP) is 2.84. The van der Waals surface area contributed by atoms with Crippen LogP contribution < -0.4 is 0 Å². The van der Waals surface area contributed by atoms with Gasteiger partial charge in [0.05, 0.1) is 0 Å². The average molecular weight is 263 g/mol. The van der Waals surface area contributed by atoms with Crippen LogP contribution >= 0.6 is 0 Å². The Balaban J connectivity index is 1.94. The van der Waals surface area contributed by atoms with E-state index in [1.54, 1.807) is 0 Å². The Labute approximate surface area is 114 Å². The zero-order valence-electron chi connectivity index (χ0n) is 11.6. The minimum absolute atomic E-state index is 0.187. The maximum Gasteiger partial charge on any atom is 0.123 e. The number of aliphatic hydroxyl groups is 1. The van der Waals surface area contributed by atoms with Crippen molar-refractivity contribution < 1.29 is 9.50 Å². The molecule has 2 fully saturated rings. The summed E-state index contributed by atoms with van der Waals surface area (Å²) in [6.07, 6.45) is 2.04. The SMILES string of the molecule is C[C@@H]1CCC2CN(C)C(O)[C@H]2[C@@H]1c1ccc(F)cc1. The molecule has 1 heterocycles. The van der Waals surface area contributed by atoms with E-state index in [0.29, 0.717) is 23.7 Å². The van der Waals surface area contributed by atoms with Gasteiger partial charge >= 0.3 is 0 Å². The number of aliphatic hydroxyl groups excluding tert-OH is 1. The van der Waals surface area contributed by atoms with Crippen LogP contribution in [0.5, 0.6) is 0 Å². The fourth-order valence-electron chi connectivity index (χ4n) is 4.17. The van der Waals surface area contributed by atoms with E-state index in [-0.39, 0.29) is 12.0 Å². The van der Waals surface area contributed by atoms with E-state index >= 15 is 0 Å². The van der Waals surface area contributed by atoms with Gasteiger partial charge in [-0.3, -0.25) is 4.90 Å². The molecule has 0 amide bonds. The zero-order chi connectivity index (χ0) is 13.6. The first kappa shape index (κ1) is 13.1. The maximum absolute atomic E-state index is 13.1. The van der Waals surface area contributed by atoms with E-state index < -0.39 is 0 Å². The minimum Gasteiger partial charge on any atom is -0.378 e. The molecule has 1 aromatic rings. The summed E-state index contributed by atoms with van der Waals surface area (Å²) in [5, 5.41) is 10.4. The van der Waals surface area contributed by atoms with Crippen LogP contribution in [0.3, 0.4) is 0 Å². The molecule has 1 saturated heterocycles. The van der Waals surface area contributed by atoms with Gasteiger partial charge in [0.15, 0.2) is 0 Å². The monoisotopic (exact) mass is 263 g/mol. The summed E-state index contributed by atoms with van der Waals surface area (Å²) in [5.74, 6) is 1.57. The van der Waals surface area contributed by atoms with Crippen LogP contribution in [0.1, 0.15) is 31.2 Å². The van der Waals surface area contributed by atoms with Crippen LogP contribution in [-0.2, 0) is 0 Å². The lowest BCUT2D eigenvalue weighted by Gasteiger charge is -2.40. The van der Waals surface area contributed by atoms with E-state index in [1.165, 1.54) is 30.5 Å².